The summed E-state index contributed by atoms with van der Waals surface area (Å²) in [6, 6.07) is 5.35. The van der Waals surface area contributed by atoms with Gasteiger partial charge in [0.1, 0.15) is 5.54 Å². The van der Waals surface area contributed by atoms with Crippen LogP contribution in [0, 0.1) is 0 Å². The Morgan fingerprint density at radius 3 is 2.26 bits per heavy atom. The predicted molar refractivity (Wildman–Crippen MR) is 84.2 cm³/mol. The van der Waals surface area contributed by atoms with Gasteiger partial charge in [0.15, 0.2) is 9.84 Å². The van der Waals surface area contributed by atoms with Crippen LogP contribution < -0.4 is 5.32 Å². The van der Waals surface area contributed by atoms with E-state index in [-0.39, 0.29) is 29.2 Å². The van der Waals surface area contributed by atoms with Crippen LogP contribution in [0.5, 0.6) is 0 Å². The molecule has 0 aliphatic heterocycles. The van der Waals surface area contributed by atoms with Crippen molar-refractivity contribution in [3.63, 3.8) is 0 Å². The quantitative estimate of drug-likeness (QED) is 0.731. The first kappa shape index (κ1) is 19.1. The van der Waals surface area contributed by atoms with Gasteiger partial charge in [-0.25, -0.2) is 13.2 Å². The topological polar surface area (TPSA) is 110 Å². The summed E-state index contributed by atoms with van der Waals surface area (Å²) >= 11 is 0. The fraction of sp³-hybridized carbons (Fsp3) is 0.467. The van der Waals surface area contributed by atoms with Gasteiger partial charge in [-0.15, -0.1) is 0 Å². The van der Waals surface area contributed by atoms with Crippen molar-refractivity contribution in [2.24, 2.45) is 0 Å². The highest BCUT2D eigenvalue weighted by atomic mass is 32.2. The van der Waals surface area contributed by atoms with Crippen LogP contribution >= 0.6 is 0 Å². The highest BCUT2D eigenvalue weighted by Crippen LogP contribution is 2.15. The number of sulfone groups is 1. The maximum atomic E-state index is 12.1. The van der Waals surface area contributed by atoms with E-state index in [9.17, 15) is 18.0 Å². The van der Waals surface area contributed by atoms with Gasteiger partial charge in [0.05, 0.1) is 17.3 Å². The lowest BCUT2D eigenvalue weighted by molar-refractivity contribution is -0.143. The lowest BCUT2D eigenvalue weighted by Gasteiger charge is -2.24. The second kappa shape index (κ2) is 7.56. The molecule has 0 bridgehead atoms. The van der Waals surface area contributed by atoms with E-state index in [0.29, 0.717) is 0 Å². The first-order chi connectivity index (χ1) is 10.7. The van der Waals surface area contributed by atoms with Crippen molar-refractivity contribution >= 4 is 21.7 Å². The number of benzene rings is 1. The number of carbonyl (C=O) groups excluding carboxylic acids is 1. The molecule has 0 aromatic heterocycles. The zero-order chi connectivity index (χ0) is 17.7. The Morgan fingerprint density at radius 2 is 1.83 bits per heavy atom. The zero-order valence-electron chi connectivity index (χ0n) is 13.3. The van der Waals surface area contributed by atoms with Crippen LogP contribution in [0.25, 0.3) is 0 Å². The number of nitrogens with one attached hydrogen (secondary N) is 1. The minimum Gasteiger partial charge on any atom is -0.480 e. The van der Waals surface area contributed by atoms with Crippen LogP contribution in [0.1, 0.15) is 30.6 Å². The SMILES string of the molecule is CCC(C)(NC(=O)c1ccc(S(=O)(=O)CCOC)cc1)C(=O)O. The zero-order valence-corrected chi connectivity index (χ0v) is 14.1. The van der Waals surface area contributed by atoms with Crippen molar-refractivity contribution in [1.29, 1.82) is 0 Å². The van der Waals surface area contributed by atoms with Crippen LogP contribution in [0.15, 0.2) is 29.2 Å². The molecule has 0 aliphatic carbocycles. The van der Waals surface area contributed by atoms with E-state index in [2.05, 4.69) is 5.32 Å². The number of methoxy groups -OCH3 is 1. The normalized spacial score (nSPS) is 14.0. The summed E-state index contributed by atoms with van der Waals surface area (Å²) in [6.07, 6.45) is 0.220. The molecule has 0 spiro atoms. The highest BCUT2D eigenvalue weighted by Gasteiger charge is 2.33. The lowest BCUT2D eigenvalue weighted by atomic mass is 9.98. The standard InChI is InChI=1S/C15H21NO6S/c1-4-15(2,14(18)19)16-13(17)11-5-7-12(8-6-11)23(20,21)10-9-22-3/h5-8H,4,9-10H2,1-3H3,(H,16,17)(H,18,19). The number of carbonyl (C=O) groups is 2. The van der Waals surface area contributed by atoms with E-state index in [1.165, 1.54) is 38.3 Å². The Balaban J connectivity index is 2.92. The number of carboxylic acids is 1. The summed E-state index contributed by atoms with van der Waals surface area (Å²) < 4.78 is 28.7. The van der Waals surface area contributed by atoms with Crippen LogP contribution in [0.2, 0.25) is 0 Å². The van der Waals surface area contributed by atoms with Crippen molar-refractivity contribution in [2.45, 2.75) is 30.7 Å². The number of ether oxygens (including phenoxy) is 1. The molecule has 8 heteroatoms. The number of amides is 1. The minimum atomic E-state index is -3.47. The number of aliphatic carboxylic acids is 1. The minimum absolute atomic E-state index is 0.0814. The van der Waals surface area contributed by atoms with Crippen LogP contribution in [0.3, 0.4) is 0 Å². The molecular formula is C15H21NO6S. The van der Waals surface area contributed by atoms with Gasteiger partial charge in [-0.2, -0.15) is 0 Å². The Labute approximate surface area is 135 Å². The van der Waals surface area contributed by atoms with Gasteiger partial charge in [0.25, 0.3) is 5.91 Å². The second-order valence-corrected chi connectivity index (χ2v) is 7.39. The molecule has 0 aliphatic rings. The Kier molecular flexibility index (Phi) is 6.28. The van der Waals surface area contributed by atoms with E-state index < -0.39 is 27.3 Å². The summed E-state index contributed by atoms with van der Waals surface area (Å²) in [6.45, 7) is 3.15. The first-order valence-electron chi connectivity index (χ1n) is 7.04. The van der Waals surface area contributed by atoms with Gasteiger partial charge >= 0.3 is 5.97 Å². The predicted octanol–water partition coefficient (Wildman–Crippen LogP) is 1.09. The first-order valence-corrected chi connectivity index (χ1v) is 8.69. The largest absolute Gasteiger partial charge is 0.480 e. The van der Waals surface area contributed by atoms with E-state index in [4.69, 9.17) is 9.84 Å². The van der Waals surface area contributed by atoms with Crippen molar-refractivity contribution in [3.05, 3.63) is 29.8 Å². The van der Waals surface area contributed by atoms with Crippen molar-refractivity contribution in [2.75, 3.05) is 19.5 Å². The summed E-state index contributed by atoms with van der Waals surface area (Å²) in [5.41, 5.74) is -1.18. The molecule has 0 heterocycles. The number of rotatable bonds is 8. The molecule has 1 aromatic rings. The van der Waals surface area contributed by atoms with Gasteiger partial charge in [-0.1, -0.05) is 6.92 Å². The number of hydrogen-bond acceptors (Lipinski definition) is 5. The van der Waals surface area contributed by atoms with Crippen LogP contribution in [-0.4, -0.2) is 50.4 Å². The molecule has 0 radical (unpaired) electrons. The second-order valence-electron chi connectivity index (χ2n) is 5.28. The van der Waals surface area contributed by atoms with Gasteiger partial charge in [0, 0.05) is 12.7 Å². The van der Waals surface area contributed by atoms with E-state index in [1.807, 2.05) is 0 Å². The van der Waals surface area contributed by atoms with Gasteiger partial charge < -0.3 is 15.2 Å². The Bertz CT molecular complexity index is 668. The third kappa shape index (κ3) is 4.77. The third-order valence-corrected chi connectivity index (χ3v) is 5.29. The molecule has 2 N–H and O–H groups in total. The number of carboxylic acid groups (broad SMARTS) is 1. The monoisotopic (exact) mass is 343 g/mol. The average molecular weight is 343 g/mol. The fourth-order valence-corrected chi connectivity index (χ4v) is 2.91. The molecule has 128 valence electrons. The van der Waals surface area contributed by atoms with Crippen LogP contribution in [0.4, 0.5) is 0 Å². The lowest BCUT2D eigenvalue weighted by Crippen LogP contribution is -2.51. The van der Waals surface area contributed by atoms with E-state index in [1.54, 1.807) is 6.92 Å². The molecule has 1 aromatic carbocycles. The highest BCUT2D eigenvalue weighted by molar-refractivity contribution is 7.91. The molecule has 0 saturated heterocycles. The molecule has 0 saturated carbocycles. The van der Waals surface area contributed by atoms with Crippen molar-refractivity contribution in [1.82, 2.24) is 5.32 Å². The smallest absolute Gasteiger partial charge is 0.329 e. The third-order valence-electron chi connectivity index (χ3n) is 3.60. The van der Waals surface area contributed by atoms with E-state index >= 15 is 0 Å². The summed E-state index contributed by atoms with van der Waals surface area (Å²) in [7, 11) is -2.06. The molecule has 0 fully saturated rings. The van der Waals surface area contributed by atoms with Crippen LogP contribution in [-0.2, 0) is 19.4 Å². The molecule has 1 amide bonds. The summed E-state index contributed by atoms with van der Waals surface area (Å²) in [5.74, 6) is -1.85. The van der Waals surface area contributed by atoms with Crippen molar-refractivity contribution < 1.29 is 27.9 Å². The summed E-state index contributed by atoms with van der Waals surface area (Å²) in [4.78, 5) is 23.4. The Morgan fingerprint density at radius 1 is 1.26 bits per heavy atom. The molecule has 1 atom stereocenters. The molecule has 7 nitrogen and oxygen atoms in total. The molecular weight excluding hydrogens is 322 g/mol. The molecule has 1 rings (SSSR count). The van der Waals surface area contributed by atoms with Gasteiger partial charge in [-0.05, 0) is 37.6 Å². The summed E-state index contributed by atoms with van der Waals surface area (Å²) in [5, 5.41) is 11.6. The average Bonchev–Trinajstić information content (AvgIpc) is 2.52. The fourth-order valence-electron chi connectivity index (χ4n) is 1.74. The molecule has 23 heavy (non-hydrogen) atoms. The Hall–Kier alpha value is -1.93. The van der Waals surface area contributed by atoms with Gasteiger partial charge in [0.2, 0.25) is 0 Å². The maximum Gasteiger partial charge on any atom is 0.329 e. The number of hydrogen-bond donors (Lipinski definition) is 2. The molecule has 1 unspecified atom stereocenters. The van der Waals surface area contributed by atoms with Gasteiger partial charge in [-0.3, -0.25) is 4.79 Å². The van der Waals surface area contributed by atoms with Crippen molar-refractivity contribution in [3.8, 4) is 0 Å². The van der Waals surface area contributed by atoms with E-state index in [0.717, 1.165) is 0 Å². The maximum absolute atomic E-state index is 12.1.